The number of likely N-dealkylation sites (N-methyl/N-ethyl adjacent to an activating group) is 1. The summed E-state index contributed by atoms with van der Waals surface area (Å²) in [6.45, 7) is 2.28. The van der Waals surface area contributed by atoms with Crippen LogP contribution in [0.25, 0.3) is 0 Å². The molecule has 1 aromatic carbocycles. The van der Waals surface area contributed by atoms with Crippen LogP contribution in [0.3, 0.4) is 0 Å². The van der Waals surface area contributed by atoms with Crippen LogP contribution < -0.4 is 5.32 Å². The SMILES string of the molecule is CCCCCCCCCCC(Cc1cccc(Br)c1)NC. The van der Waals surface area contributed by atoms with E-state index in [2.05, 4.69) is 59.5 Å². The van der Waals surface area contributed by atoms with Crippen molar-refractivity contribution in [1.29, 1.82) is 0 Å². The Hall–Kier alpha value is -0.340. The quantitative estimate of drug-likeness (QED) is 0.447. The molecule has 0 spiro atoms. The van der Waals surface area contributed by atoms with Crippen LogP contribution in [0, 0.1) is 0 Å². The van der Waals surface area contributed by atoms with E-state index in [0.29, 0.717) is 6.04 Å². The fourth-order valence-electron chi connectivity index (χ4n) is 2.82. The lowest BCUT2D eigenvalue weighted by atomic mass is 9.99. The molecule has 21 heavy (non-hydrogen) atoms. The van der Waals surface area contributed by atoms with Crippen molar-refractivity contribution in [3.63, 3.8) is 0 Å². The van der Waals surface area contributed by atoms with Crippen molar-refractivity contribution < 1.29 is 0 Å². The Bertz CT molecular complexity index is 364. The zero-order valence-electron chi connectivity index (χ0n) is 13.8. The van der Waals surface area contributed by atoms with Gasteiger partial charge in [-0.15, -0.1) is 0 Å². The molecule has 0 aliphatic heterocycles. The molecule has 0 radical (unpaired) electrons. The van der Waals surface area contributed by atoms with Gasteiger partial charge >= 0.3 is 0 Å². The molecular formula is C19H32BrN. The largest absolute Gasteiger partial charge is 0.317 e. The lowest BCUT2D eigenvalue weighted by Crippen LogP contribution is -2.27. The van der Waals surface area contributed by atoms with E-state index in [0.717, 1.165) is 6.42 Å². The van der Waals surface area contributed by atoms with Crippen molar-refractivity contribution in [3.8, 4) is 0 Å². The molecule has 1 aromatic rings. The Morgan fingerprint density at radius 2 is 1.67 bits per heavy atom. The van der Waals surface area contributed by atoms with Crippen LogP contribution >= 0.6 is 15.9 Å². The van der Waals surface area contributed by atoms with Gasteiger partial charge in [-0.2, -0.15) is 0 Å². The molecule has 2 heteroatoms. The smallest absolute Gasteiger partial charge is 0.0178 e. The summed E-state index contributed by atoms with van der Waals surface area (Å²) in [6.07, 6.45) is 13.6. The number of nitrogens with one attached hydrogen (secondary N) is 1. The number of hydrogen-bond donors (Lipinski definition) is 1. The summed E-state index contributed by atoms with van der Waals surface area (Å²) in [5, 5.41) is 3.47. The van der Waals surface area contributed by atoms with Crippen molar-refractivity contribution >= 4 is 15.9 Å². The zero-order chi connectivity index (χ0) is 15.3. The molecule has 1 unspecified atom stereocenters. The van der Waals surface area contributed by atoms with Crippen LogP contribution in [0.5, 0.6) is 0 Å². The zero-order valence-corrected chi connectivity index (χ0v) is 15.4. The van der Waals surface area contributed by atoms with Gasteiger partial charge in [0.1, 0.15) is 0 Å². The van der Waals surface area contributed by atoms with Crippen molar-refractivity contribution in [3.05, 3.63) is 34.3 Å². The predicted molar refractivity (Wildman–Crippen MR) is 97.9 cm³/mol. The molecule has 1 atom stereocenters. The average molecular weight is 354 g/mol. The molecule has 0 aliphatic carbocycles. The third kappa shape index (κ3) is 9.31. The van der Waals surface area contributed by atoms with E-state index in [4.69, 9.17) is 0 Å². The highest BCUT2D eigenvalue weighted by molar-refractivity contribution is 9.10. The lowest BCUT2D eigenvalue weighted by molar-refractivity contribution is 0.477. The second kappa shape index (κ2) is 12.2. The highest BCUT2D eigenvalue weighted by atomic mass is 79.9. The molecular weight excluding hydrogens is 322 g/mol. The highest BCUT2D eigenvalue weighted by Crippen LogP contribution is 2.16. The first-order valence-corrected chi connectivity index (χ1v) is 9.47. The topological polar surface area (TPSA) is 12.0 Å². The van der Waals surface area contributed by atoms with Crippen molar-refractivity contribution in [2.45, 2.75) is 77.2 Å². The molecule has 1 nitrogen and oxygen atoms in total. The first-order chi connectivity index (χ1) is 10.3. The Balaban J connectivity index is 2.11. The average Bonchev–Trinajstić information content (AvgIpc) is 2.48. The van der Waals surface area contributed by atoms with Gasteiger partial charge in [-0.3, -0.25) is 0 Å². The van der Waals surface area contributed by atoms with Crippen LogP contribution in [0.4, 0.5) is 0 Å². The van der Waals surface area contributed by atoms with Gasteiger partial charge in [-0.1, -0.05) is 86.4 Å². The molecule has 1 N–H and O–H groups in total. The number of benzene rings is 1. The van der Waals surface area contributed by atoms with E-state index in [1.807, 2.05) is 0 Å². The first-order valence-electron chi connectivity index (χ1n) is 8.68. The Morgan fingerprint density at radius 1 is 1.00 bits per heavy atom. The molecule has 0 bridgehead atoms. The molecule has 0 aliphatic rings. The van der Waals surface area contributed by atoms with Gasteiger partial charge < -0.3 is 5.32 Å². The predicted octanol–water partition coefficient (Wildman–Crippen LogP) is 6.11. The first kappa shape index (κ1) is 18.7. The van der Waals surface area contributed by atoms with Gasteiger partial charge in [-0.05, 0) is 37.6 Å². The van der Waals surface area contributed by atoms with Gasteiger partial charge in [0.25, 0.3) is 0 Å². The minimum absolute atomic E-state index is 0.611. The molecule has 0 aromatic heterocycles. The molecule has 0 saturated heterocycles. The minimum Gasteiger partial charge on any atom is -0.317 e. The summed E-state index contributed by atoms with van der Waals surface area (Å²) in [6, 6.07) is 9.29. The molecule has 1 rings (SSSR count). The van der Waals surface area contributed by atoms with Gasteiger partial charge in [0.2, 0.25) is 0 Å². The lowest BCUT2D eigenvalue weighted by Gasteiger charge is -2.16. The molecule has 0 heterocycles. The Labute approximate surface area is 140 Å². The van der Waals surface area contributed by atoms with Gasteiger partial charge in [-0.25, -0.2) is 0 Å². The monoisotopic (exact) mass is 353 g/mol. The summed E-state index contributed by atoms with van der Waals surface area (Å²) in [4.78, 5) is 0. The fraction of sp³-hybridized carbons (Fsp3) is 0.684. The van der Waals surface area contributed by atoms with E-state index < -0.39 is 0 Å². The molecule has 120 valence electrons. The summed E-state index contributed by atoms with van der Waals surface area (Å²) in [7, 11) is 2.09. The number of hydrogen-bond acceptors (Lipinski definition) is 1. The summed E-state index contributed by atoms with van der Waals surface area (Å²) in [5.74, 6) is 0. The summed E-state index contributed by atoms with van der Waals surface area (Å²) >= 11 is 3.55. The van der Waals surface area contributed by atoms with E-state index >= 15 is 0 Å². The van der Waals surface area contributed by atoms with E-state index in [-0.39, 0.29) is 0 Å². The maximum absolute atomic E-state index is 3.55. The van der Waals surface area contributed by atoms with Gasteiger partial charge in [0.05, 0.1) is 0 Å². The standard InChI is InChI=1S/C19H32BrN/c1-3-4-5-6-7-8-9-10-14-19(21-2)16-17-12-11-13-18(20)15-17/h11-13,15,19,21H,3-10,14,16H2,1-2H3. The Morgan fingerprint density at radius 3 is 2.29 bits per heavy atom. The summed E-state index contributed by atoms with van der Waals surface area (Å²) < 4.78 is 1.18. The number of halogens is 1. The normalized spacial score (nSPS) is 12.5. The van der Waals surface area contributed by atoms with E-state index in [1.165, 1.54) is 67.8 Å². The second-order valence-electron chi connectivity index (χ2n) is 6.08. The maximum Gasteiger partial charge on any atom is 0.0178 e. The van der Waals surface area contributed by atoms with Crippen LogP contribution in [-0.2, 0) is 6.42 Å². The van der Waals surface area contributed by atoms with Crippen LogP contribution in [0.2, 0.25) is 0 Å². The fourth-order valence-corrected chi connectivity index (χ4v) is 3.27. The number of rotatable bonds is 12. The minimum atomic E-state index is 0.611. The van der Waals surface area contributed by atoms with Crippen molar-refractivity contribution in [2.75, 3.05) is 7.05 Å². The summed E-state index contributed by atoms with van der Waals surface area (Å²) in [5.41, 5.74) is 1.42. The molecule has 0 fully saturated rings. The van der Waals surface area contributed by atoms with Gasteiger partial charge in [0.15, 0.2) is 0 Å². The number of unbranched alkanes of at least 4 members (excludes halogenated alkanes) is 7. The third-order valence-electron chi connectivity index (χ3n) is 4.19. The maximum atomic E-state index is 3.55. The van der Waals surface area contributed by atoms with Crippen LogP contribution in [0.15, 0.2) is 28.7 Å². The van der Waals surface area contributed by atoms with Crippen molar-refractivity contribution in [2.24, 2.45) is 0 Å². The molecule has 0 saturated carbocycles. The Kier molecular flexibility index (Phi) is 10.9. The third-order valence-corrected chi connectivity index (χ3v) is 4.68. The van der Waals surface area contributed by atoms with E-state index in [9.17, 15) is 0 Å². The molecule has 0 amide bonds. The van der Waals surface area contributed by atoms with Gasteiger partial charge in [0, 0.05) is 10.5 Å². The van der Waals surface area contributed by atoms with E-state index in [1.54, 1.807) is 0 Å². The van der Waals surface area contributed by atoms with Crippen LogP contribution in [-0.4, -0.2) is 13.1 Å². The second-order valence-corrected chi connectivity index (χ2v) is 7.00. The van der Waals surface area contributed by atoms with Crippen LogP contribution in [0.1, 0.15) is 70.3 Å². The van der Waals surface area contributed by atoms with Crippen molar-refractivity contribution in [1.82, 2.24) is 5.32 Å². The highest BCUT2D eigenvalue weighted by Gasteiger charge is 2.07.